The minimum Gasteiger partial charge on any atom is -0.480 e. The van der Waals surface area contributed by atoms with Crippen LogP contribution in [0.15, 0.2) is 18.3 Å². The Balaban J connectivity index is 1.56. The number of carbonyl (C=O) groups is 2. The van der Waals surface area contributed by atoms with Crippen molar-refractivity contribution in [1.29, 1.82) is 0 Å². The van der Waals surface area contributed by atoms with Gasteiger partial charge in [0.05, 0.1) is 23.6 Å². The van der Waals surface area contributed by atoms with Crippen LogP contribution in [0.2, 0.25) is 0 Å². The van der Waals surface area contributed by atoms with Crippen LogP contribution < -0.4 is 11.1 Å². The number of amides is 1. The molecular weight excluding hydrogens is 453 g/mol. The van der Waals surface area contributed by atoms with Gasteiger partial charge in [-0.05, 0) is 30.9 Å². The highest BCUT2D eigenvalue weighted by molar-refractivity contribution is 6.04. The Labute approximate surface area is 184 Å². The van der Waals surface area contributed by atoms with Gasteiger partial charge >= 0.3 is 12.1 Å². The predicted molar refractivity (Wildman–Crippen MR) is 103 cm³/mol. The smallest absolute Gasteiger partial charge is 0.408 e. The second-order valence-corrected chi connectivity index (χ2v) is 8.85. The van der Waals surface area contributed by atoms with Crippen molar-refractivity contribution in [1.82, 2.24) is 19.9 Å². The number of alkyl halides is 5. The Morgan fingerprint density at radius 3 is 2.55 bits per heavy atom. The molecule has 8 nitrogen and oxygen atoms in total. The van der Waals surface area contributed by atoms with Gasteiger partial charge in [0.1, 0.15) is 6.04 Å². The van der Waals surface area contributed by atoms with Crippen molar-refractivity contribution in [2.75, 3.05) is 0 Å². The standard InChI is InChI=1S/C20H22F5N5O3/c21-19(22)5-3-10(4-6-19)15(26)12-9-30-14(27-12)2-1-11(29-30)7-18(17(32)33)8-13(20(23,24)25)28-16(18)31/h1-2,9-10,13,15H,3-8,26H2,(H,28,31)(H,32,33)/t13-,15-,18?/m0/s1. The molecule has 0 bridgehead atoms. The summed E-state index contributed by atoms with van der Waals surface area (Å²) in [7, 11) is 0. The van der Waals surface area contributed by atoms with Gasteiger partial charge in [-0.3, -0.25) is 9.59 Å². The van der Waals surface area contributed by atoms with E-state index in [1.807, 2.05) is 0 Å². The summed E-state index contributed by atoms with van der Waals surface area (Å²) < 4.78 is 67.4. The molecule has 4 N–H and O–H groups in total. The highest BCUT2D eigenvalue weighted by Crippen LogP contribution is 2.41. The summed E-state index contributed by atoms with van der Waals surface area (Å²) in [6, 6.07) is 0.00450. The van der Waals surface area contributed by atoms with Crippen molar-refractivity contribution in [2.24, 2.45) is 17.1 Å². The third-order valence-corrected chi connectivity index (χ3v) is 6.59. The minimum atomic E-state index is -4.78. The highest BCUT2D eigenvalue weighted by atomic mass is 19.4. The minimum absolute atomic E-state index is 0.0812. The van der Waals surface area contributed by atoms with Gasteiger partial charge in [0.25, 0.3) is 0 Å². The van der Waals surface area contributed by atoms with E-state index in [1.54, 1.807) is 5.32 Å². The molecule has 2 fully saturated rings. The maximum absolute atomic E-state index is 13.4. The molecule has 0 spiro atoms. The number of hydrogen-bond acceptors (Lipinski definition) is 5. The highest BCUT2D eigenvalue weighted by Gasteiger charge is 2.59. The molecule has 33 heavy (non-hydrogen) atoms. The number of rotatable bonds is 5. The average molecular weight is 475 g/mol. The number of carboxylic acids is 1. The van der Waals surface area contributed by atoms with E-state index in [0.29, 0.717) is 11.3 Å². The van der Waals surface area contributed by atoms with E-state index >= 15 is 0 Å². The monoisotopic (exact) mass is 475 g/mol. The molecule has 1 aliphatic carbocycles. The predicted octanol–water partition coefficient (Wildman–Crippen LogP) is 2.62. The largest absolute Gasteiger partial charge is 0.480 e. The number of fused-ring (bicyclic) bond motifs is 1. The van der Waals surface area contributed by atoms with E-state index in [-0.39, 0.29) is 37.3 Å². The van der Waals surface area contributed by atoms with E-state index in [9.17, 15) is 36.6 Å². The number of aromatic nitrogens is 3. The fraction of sp³-hybridized carbons (Fsp3) is 0.600. The number of nitrogens with one attached hydrogen (secondary N) is 1. The van der Waals surface area contributed by atoms with E-state index < -0.39 is 54.3 Å². The van der Waals surface area contributed by atoms with Gasteiger partial charge in [-0.15, -0.1) is 0 Å². The van der Waals surface area contributed by atoms with Gasteiger partial charge in [0, 0.05) is 25.7 Å². The molecule has 2 aromatic rings. The number of hydrogen-bond donors (Lipinski definition) is 3. The first-order chi connectivity index (χ1) is 15.3. The summed E-state index contributed by atoms with van der Waals surface area (Å²) in [6.45, 7) is 0. The summed E-state index contributed by atoms with van der Waals surface area (Å²) >= 11 is 0. The van der Waals surface area contributed by atoms with Gasteiger partial charge in [-0.1, -0.05) is 0 Å². The molecule has 1 saturated heterocycles. The van der Waals surface area contributed by atoms with Crippen LogP contribution in [-0.2, 0) is 16.0 Å². The molecule has 4 rings (SSSR count). The third-order valence-electron chi connectivity index (χ3n) is 6.59. The van der Waals surface area contributed by atoms with Crippen LogP contribution in [0, 0.1) is 11.3 Å². The molecule has 2 aliphatic rings. The summed E-state index contributed by atoms with van der Waals surface area (Å²) in [6.07, 6.45) is -4.79. The maximum atomic E-state index is 13.4. The first kappa shape index (κ1) is 23.3. The van der Waals surface area contributed by atoms with Crippen LogP contribution in [0.25, 0.3) is 5.65 Å². The van der Waals surface area contributed by atoms with E-state index in [2.05, 4.69) is 10.1 Å². The first-order valence-electron chi connectivity index (χ1n) is 10.4. The number of nitrogens with two attached hydrogens (primary N) is 1. The molecule has 3 atom stereocenters. The fourth-order valence-electron chi connectivity index (χ4n) is 4.57. The summed E-state index contributed by atoms with van der Waals surface area (Å²) in [4.78, 5) is 28.5. The number of carboxylic acid groups (broad SMARTS) is 1. The zero-order chi connectivity index (χ0) is 24.2. The Hall–Kier alpha value is -2.83. The number of carbonyl (C=O) groups excluding carboxylic acids is 1. The molecule has 0 radical (unpaired) electrons. The number of nitrogens with zero attached hydrogens (tertiary/aromatic N) is 3. The zero-order valence-electron chi connectivity index (χ0n) is 17.3. The van der Waals surface area contributed by atoms with Gasteiger partial charge in [0.2, 0.25) is 11.8 Å². The van der Waals surface area contributed by atoms with Crippen molar-refractivity contribution in [2.45, 2.75) is 62.7 Å². The van der Waals surface area contributed by atoms with Gasteiger partial charge in [0.15, 0.2) is 11.1 Å². The van der Waals surface area contributed by atoms with Crippen LogP contribution >= 0.6 is 0 Å². The molecule has 1 saturated carbocycles. The Bertz CT molecular complexity index is 1080. The molecule has 13 heteroatoms. The summed E-state index contributed by atoms with van der Waals surface area (Å²) in [5, 5.41) is 15.5. The fourth-order valence-corrected chi connectivity index (χ4v) is 4.57. The summed E-state index contributed by atoms with van der Waals surface area (Å²) in [5.41, 5.74) is 4.77. The number of imidazole rings is 1. The lowest BCUT2D eigenvalue weighted by Crippen LogP contribution is -2.41. The summed E-state index contributed by atoms with van der Waals surface area (Å²) in [5.74, 6) is -5.77. The lowest BCUT2D eigenvalue weighted by atomic mass is 9.80. The molecule has 1 amide bonds. The van der Waals surface area contributed by atoms with Crippen LogP contribution in [0.4, 0.5) is 22.0 Å². The van der Waals surface area contributed by atoms with E-state index in [1.165, 1.54) is 22.8 Å². The first-order valence-corrected chi connectivity index (χ1v) is 10.4. The second kappa shape index (κ2) is 7.89. The molecule has 3 heterocycles. The molecule has 1 unspecified atom stereocenters. The van der Waals surface area contributed by atoms with E-state index in [4.69, 9.17) is 5.73 Å². The SMILES string of the molecule is N[C@H](c1cn2nc(CC3(C(=O)O)C[C@@H](C(F)(F)F)NC3=O)ccc2n1)C1CCC(F)(F)CC1. The molecule has 1 aliphatic heterocycles. The van der Waals surface area contributed by atoms with Crippen molar-refractivity contribution < 1.29 is 36.6 Å². The van der Waals surface area contributed by atoms with Crippen LogP contribution in [0.3, 0.4) is 0 Å². The lowest BCUT2D eigenvalue weighted by molar-refractivity contribution is -0.158. The Kier molecular flexibility index (Phi) is 5.58. The van der Waals surface area contributed by atoms with Crippen molar-refractivity contribution in [3.63, 3.8) is 0 Å². The molecule has 2 aromatic heterocycles. The van der Waals surface area contributed by atoms with Gasteiger partial charge < -0.3 is 16.2 Å². The molecule has 180 valence electrons. The Morgan fingerprint density at radius 2 is 1.97 bits per heavy atom. The van der Waals surface area contributed by atoms with Crippen LogP contribution in [0.1, 0.15) is 49.5 Å². The van der Waals surface area contributed by atoms with Crippen molar-refractivity contribution >= 4 is 17.5 Å². The maximum Gasteiger partial charge on any atom is 0.408 e. The van der Waals surface area contributed by atoms with E-state index in [0.717, 1.165) is 0 Å². The Morgan fingerprint density at radius 1 is 1.30 bits per heavy atom. The molecule has 0 aromatic carbocycles. The second-order valence-electron chi connectivity index (χ2n) is 8.85. The third kappa shape index (κ3) is 4.37. The van der Waals surface area contributed by atoms with Crippen molar-refractivity contribution in [3.8, 4) is 0 Å². The average Bonchev–Trinajstić information content (AvgIpc) is 3.29. The molecular formula is C20H22F5N5O3. The van der Waals surface area contributed by atoms with Gasteiger partial charge in [-0.2, -0.15) is 18.3 Å². The quantitative estimate of drug-likeness (QED) is 0.451. The van der Waals surface area contributed by atoms with Crippen LogP contribution in [-0.4, -0.2) is 49.7 Å². The van der Waals surface area contributed by atoms with Crippen molar-refractivity contribution in [3.05, 3.63) is 29.7 Å². The number of halogens is 5. The zero-order valence-corrected chi connectivity index (χ0v) is 17.3. The number of aliphatic carboxylic acids is 1. The lowest BCUT2D eigenvalue weighted by Gasteiger charge is -2.31. The topological polar surface area (TPSA) is 123 Å². The van der Waals surface area contributed by atoms with Gasteiger partial charge in [-0.25, -0.2) is 18.3 Å². The van der Waals surface area contributed by atoms with Crippen LogP contribution in [0.5, 0.6) is 0 Å². The normalized spacial score (nSPS) is 27.0.